The maximum atomic E-state index is 13.5. The molecule has 1 aromatic carbocycles. The van der Waals surface area contributed by atoms with Gasteiger partial charge in [-0.1, -0.05) is 18.2 Å². The quantitative estimate of drug-likeness (QED) is 0.334. The fourth-order valence-electron chi connectivity index (χ4n) is 4.20. The second kappa shape index (κ2) is 11.6. The van der Waals surface area contributed by atoms with Crippen molar-refractivity contribution in [3.05, 3.63) is 68.7 Å². The molecule has 1 fully saturated rings. The zero-order valence-corrected chi connectivity index (χ0v) is 23.0. The second-order valence-corrected chi connectivity index (χ2v) is 10.7. The number of aryl methyl sites for hydroxylation is 3. The van der Waals surface area contributed by atoms with Crippen LogP contribution in [0.1, 0.15) is 25.0 Å². The molecular formula is C27H31N3O8S. The van der Waals surface area contributed by atoms with Crippen molar-refractivity contribution in [3.8, 4) is 16.5 Å². The molecule has 39 heavy (non-hydrogen) atoms. The molecule has 3 aromatic heterocycles. The van der Waals surface area contributed by atoms with Gasteiger partial charge >= 0.3 is 11.7 Å². The van der Waals surface area contributed by atoms with Crippen LogP contribution in [0.25, 0.3) is 21.0 Å². The molecule has 2 N–H and O–H groups in total. The Hall–Kier alpha value is -3.74. The predicted octanol–water partition coefficient (Wildman–Crippen LogP) is 2.88. The van der Waals surface area contributed by atoms with Crippen LogP contribution in [0.15, 0.2) is 50.7 Å². The van der Waals surface area contributed by atoms with Gasteiger partial charge in [0.1, 0.15) is 22.4 Å². The van der Waals surface area contributed by atoms with Crippen molar-refractivity contribution in [3.63, 3.8) is 0 Å². The van der Waals surface area contributed by atoms with Gasteiger partial charge in [0, 0.05) is 12.5 Å². The Bertz CT molecular complexity index is 1580. The summed E-state index contributed by atoms with van der Waals surface area (Å²) in [6.45, 7) is 6.45. The molecule has 0 atom stereocenters. The average molecular weight is 558 g/mol. The van der Waals surface area contributed by atoms with Gasteiger partial charge in [0.05, 0.1) is 43.4 Å². The lowest BCUT2D eigenvalue weighted by atomic mass is 10.1. The summed E-state index contributed by atoms with van der Waals surface area (Å²) < 4.78 is 17.9. The largest absolute Gasteiger partial charge is 0.496 e. The molecule has 1 aliphatic heterocycles. The normalized spacial score (nSPS) is 13.6. The summed E-state index contributed by atoms with van der Waals surface area (Å²) in [6.07, 6.45) is 3.37. The number of carboxylic acid groups (broad SMARTS) is 1. The van der Waals surface area contributed by atoms with E-state index in [1.807, 2.05) is 24.3 Å². The van der Waals surface area contributed by atoms with E-state index in [1.54, 1.807) is 14.0 Å². The molecule has 0 bridgehead atoms. The molecule has 4 heterocycles. The van der Waals surface area contributed by atoms with Gasteiger partial charge in [0.15, 0.2) is 0 Å². The highest BCUT2D eigenvalue weighted by Gasteiger charge is 2.35. The third kappa shape index (κ3) is 5.40. The van der Waals surface area contributed by atoms with E-state index in [2.05, 4.69) is 4.98 Å². The lowest BCUT2D eigenvalue weighted by Gasteiger charge is -2.23. The van der Waals surface area contributed by atoms with Gasteiger partial charge in [0.25, 0.3) is 5.56 Å². The molecule has 11 nitrogen and oxygen atoms in total. The summed E-state index contributed by atoms with van der Waals surface area (Å²) in [6, 6.07) is 7.46. The van der Waals surface area contributed by atoms with Gasteiger partial charge < -0.3 is 24.1 Å². The maximum absolute atomic E-state index is 13.5. The summed E-state index contributed by atoms with van der Waals surface area (Å²) >= 11 is 1.22. The molecule has 0 spiro atoms. The van der Waals surface area contributed by atoms with Crippen molar-refractivity contribution in [2.24, 2.45) is 5.92 Å². The standard InChI is InChI=1S/C23H23N3O6S.C4H8O2/c1-13-16-19(27)26(23(2,3)21(28)29)22(30)25(11-9-14-7-5-6-8-15(14)31-4)20(16)33-17(13)18-24-10-12-32-18;5-1-4-2-6-3-4/h5-8,10,12H,9,11H2,1-4H3,(H,28,29);4-5H,1-3H2. The number of aliphatic carboxylic acids is 1. The zero-order valence-electron chi connectivity index (χ0n) is 22.2. The van der Waals surface area contributed by atoms with E-state index < -0.39 is 22.8 Å². The molecule has 4 aromatic rings. The number of carbonyl (C=O) groups is 1. The third-order valence-corrected chi connectivity index (χ3v) is 7.99. The minimum atomic E-state index is -1.74. The molecule has 1 saturated heterocycles. The Morgan fingerprint density at radius 3 is 2.51 bits per heavy atom. The minimum Gasteiger partial charge on any atom is -0.496 e. The number of methoxy groups -OCH3 is 1. The summed E-state index contributed by atoms with van der Waals surface area (Å²) in [5, 5.41) is 18.3. The number of aliphatic hydroxyl groups is 1. The molecular weight excluding hydrogens is 526 g/mol. The Morgan fingerprint density at radius 1 is 1.26 bits per heavy atom. The number of hydrogen-bond acceptors (Lipinski definition) is 9. The lowest BCUT2D eigenvalue weighted by Crippen LogP contribution is -2.52. The number of rotatable bonds is 8. The Labute approximate surface area is 227 Å². The van der Waals surface area contributed by atoms with Crippen molar-refractivity contribution in [2.75, 3.05) is 26.9 Å². The first-order valence-electron chi connectivity index (χ1n) is 12.3. The molecule has 0 radical (unpaired) electrons. The highest BCUT2D eigenvalue weighted by Crippen LogP contribution is 2.36. The number of thiophene rings is 1. The van der Waals surface area contributed by atoms with Gasteiger partial charge in [0.2, 0.25) is 5.89 Å². The highest BCUT2D eigenvalue weighted by atomic mass is 32.1. The number of aromatic nitrogens is 3. The van der Waals surface area contributed by atoms with E-state index in [0.717, 1.165) is 23.3 Å². The van der Waals surface area contributed by atoms with Crippen LogP contribution in [0.3, 0.4) is 0 Å². The summed E-state index contributed by atoms with van der Waals surface area (Å²) in [5.41, 5.74) is -1.61. The van der Waals surface area contributed by atoms with Crippen LogP contribution in [0.5, 0.6) is 5.75 Å². The fraction of sp³-hybridized carbons (Fsp3) is 0.407. The topological polar surface area (TPSA) is 146 Å². The Balaban J connectivity index is 0.000000519. The molecule has 208 valence electrons. The van der Waals surface area contributed by atoms with Gasteiger partial charge in [-0.15, -0.1) is 11.3 Å². The monoisotopic (exact) mass is 557 g/mol. The number of benzene rings is 1. The number of fused-ring (bicyclic) bond motifs is 1. The molecule has 0 unspecified atom stereocenters. The number of aliphatic hydroxyl groups excluding tert-OH is 1. The first-order valence-corrected chi connectivity index (χ1v) is 13.2. The van der Waals surface area contributed by atoms with Crippen molar-refractivity contribution in [2.45, 2.75) is 39.3 Å². The van der Waals surface area contributed by atoms with E-state index in [4.69, 9.17) is 19.0 Å². The third-order valence-electron chi connectivity index (χ3n) is 6.68. The lowest BCUT2D eigenvalue weighted by molar-refractivity contribution is -0.146. The van der Waals surface area contributed by atoms with Crippen molar-refractivity contribution < 1.29 is 28.9 Å². The van der Waals surface area contributed by atoms with Crippen molar-refractivity contribution in [1.82, 2.24) is 14.1 Å². The van der Waals surface area contributed by atoms with Crippen LogP contribution < -0.4 is 16.0 Å². The van der Waals surface area contributed by atoms with Crippen LogP contribution in [-0.2, 0) is 28.0 Å². The predicted molar refractivity (Wildman–Crippen MR) is 146 cm³/mol. The number of carboxylic acids is 1. The Morgan fingerprint density at radius 2 is 1.97 bits per heavy atom. The van der Waals surface area contributed by atoms with Gasteiger partial charge in [-0.05, 0) is 44.4 Å². The smallest absolute Gasteiger partial charge is 0.333 e. The first-order chi connectivity index (χ1) is 18.6. The molecule has 0 aliphatic carbocycles. The SMILES string of the molecule is COc1ccccc1CCn1c(=O)n(C(C)(C)C(=O)O)c(=O)c2c(C)c(-c3ncco3)sc21.OCC1COC1. The highest BCUT2D eigenvalue weighted by molar-refractivity contribution is 7.22. The van der Waals surface area contributed by atoms with Crippen LogP contribution in [-0.4, -0.2) is 57.2 Å². The average Bonchev–Trinajstić information content (AvgIpc) is 3.52. The molecule has 0 saturated carbocycles. The van der Waals surface area contributed by atoms with Crippen molar-refractivity contribution >= 4 is 27.5 Å². The number of ether oxygens (including phenoxy) is 2. The molecule has 0 amide bonds. The number of oxazole rings is 1. The van der Waals surface area contributed by atoms with E-state index in [0.29, 0.717) is 45.9 Å². The van der Waals surface area contributed by atoms with Crippen LogP contribution in [0, 0.1) is 12.8 Å². The van der Waals surface area contributed by atoms with Crippen LogP contribution in [0.2, 0.25) is 0 Å². The second-order valence-electron chi connectivity index (χ2n) is 9.66. The zero-order chi connectivity index (χ0) is 28.3. The van der Waals surface area contributed by atoms with E-state index in [9.17, 15) is 19.5 Å². The summed E-state index contributed by atoms with van der Waals surface area (Å²) in [5.74, 6) is 0.188. The maximum Gasteiger partial charge on any atom is 0.333 e. The van der Waals surface area contributed by atoms with Crippen LogP contribution in [0.4, 0.5) is 0 Å². The minimum absolute atomic E-state index is 0.219. The van der Waals surface area contributed by atoms with Gasteiger partial charge in [-0.3, -0.25) is 9.36 Å². The number of hydrogen-bond donors (Lipinski definition) is 2. The fourth-order valence-corrected chi connectivity index (χ4v) is 5.46. The molecule has 1 aliphatic rings. The first kappa shape index (κ1) is 28.3. The molecule has 5 rings (SSSR count). The molecule has 12 heteroatoms. The van der Waals surface area contributed by atoms with E-state index in [1.165, 1.54) is 42.2 Å². The summed E-state index contributed by atoms with van der Waals surface area (Å²) in [4.78, 5) is 44.2. The Kier molecular flexibility index (Phi) is 8.38. The number of nitrogens with zero attached hydrogens (tertiary/aromatic N) is 3. The van der Waals surface area contributed by atoms with E-state index in [-0.39, 0.29) is 11.9 Å². The van der Waals surface area contributed by atoms with E-state index >= 15 is 0 Å². The van der Waals surface area contributed by atoms with Crippen LogP contribution >= 0.6 is 11.3 Å². The van der Waals surface area contributed by atoms with Gasteiger partial charge in [-0.2, -0.15) is 0 Å². The summed E-state index contributed by atoms with van der Waals surface area (Å²) in [7, 11) is 1.57. The number of para-hydroxylation sites is 1. The van der Waals surface area contributed by atoms with Crippen molar-refractivity contribution in [1.29, 1.82) is 0 Å². The van der Waals surface area contributed by atoms with Gasteiger partial charge in [-0.25, -0.2) is 19.1 Å².